The highest BCUT2D eigenvalue weighted by atomic mass is 16.3. The highest BCUT2D eigenvalue weighted by molar-refractivity contribution is 5.92. The summed E-state index contributed by atoms with van der Waals surface area (Å²) in [5.41, 5.74) is 1.30. The Bertz CT molecular complexity index is 364. The fourth-order valence-electron chi connectivity index (χ4n) is 1.34. The van der Waals surface area contributed by atoms with Crippen LogP contribution in [0.15, 0.2) is 18.2 Å². The maximum Gasteiger partial charge on any atom is 0.224 e. The molecule has 16 heavy (non-hydrogen) atoms. The molecule has 0 aliphatic carbocycles. The lowest BCUT2D eigenvalue weighted by atomic mass is 10.2. The summed E-state index contributed by atoms with van der Waals surface area (Å²) in [6.45, 7) is 2.03. The van der Waals surface area contributed by atoms with Crippen molar-refractivity contribution < 1.29 is 9.90 Å². The Morgan fingerprint density at radius 1 is 1.44 bits per heavy atom. The summed E-state index contributed by atoms with van der Waals surface area (Å²) in [6.07, 6.45) is 2.33. The number of anilines is 2. The molecule has 0 aliphatic rings. The Morgan fingerprint density at radius 2 is 2.19 bits per heavy atom. The molecule has 1 aromatic carbocycles. The van der Waals surface area contributed by atoms with E-state index in [1.54, 1.807) is 25.2 Å². The van der Waals surface area contributed by atoms with Gasteiger partial charge in [-0.25, -0.2) is 0 Å². The molecule has 1 amide bonds. The number of phenols is 1. The van der Waals surface area contributed by atoms with Gasteiger partial charge in [-0.1, -0.05) is 13.3 Å². The Hall–Kier alpha value is -1.71. The van der Waals surface area contributed by atoms with E-state index in [-0.39, 0.29) is 11.7 Å². The number of carbonyl (C=O) groups is 1. The number of benzene rings is 1. The van der Waals surface area contributed by atoms with Gasteiger partial charge in [0.1, 0.15) is 5.75 Å². The third kappa shape index (κ3) is 3.46. The minimum Gasteiger partial charge on any atom is -0.506 e. The van der Waals surface area contributed by atoms with Crippen molar-refractivity contribution in [1.82, 2.24) is 0 Å². The first-order chi connectivity index (χ1) is 7.67. The summed E-state index contributed by atoms with van der Waals surface area (Å²) in [6, 6.07) is 5.01. The van der Waals surface area contributed by atoms with E-state index in [4.69, 9.17) is 0 Å². The molecule has 4 nitrogen and oxygen atoms in total. The first kappa shape index (κ1) is 12.4. The molecule has 0 heterocycles. The summed E-state index contributed by atoms with van der Waals surface area (Å²) in [5.74, 6) is 0.0225. The van der Waals surface area contributed by atoms with Crippen molar-refractivity contribution in [3.05, 3.63) is 18.2 Å². The SMILES string of the molecule is CCCCC(=O)Nc1cc(NC)ccc1O. The monoisotopic (exact) mass is 222 g/mol. The highest BCUT2D eigenvalue weighted by Crippen LogP contribution is 2.26. The number of unbranched alkanes of at least 4 members (excludes halogenated alkanes) is 1. The first-order valence-corrected chi connectivity index (χ1v) is 5.48. The minimum atomic E-state index is -0.0644. The van der Waals surface area contributed by atoms with Gasteiger partial charge >= 0.3 is 0 Å². The highest BCUT2D eigenvalue weighted by Gasteiger charge is 2.06. The molecule has 0 fully saturated rings. The van der Waals surface area contributed by atoms with Gasteiger partial charge in [-0.3, -0.25) is 4.79 Å². The van der Waals surface area contributed by atoms with Crippen LogP contribution in [0.5, 0.6) is 5.75 Å². The molecular formula is C12H18N2O2. The maximum atomic E-state index is 11.5. The smallest absolute Gasteiger partial charge is 0.224 e. The van der Waals surface area contributed by atoms with Gasteiger partial charge in [0.05, 0.1) is 5.69 Å². The fourth-order valence-corrected chi connectivity index (χ4v) is 1.34. The Kier molecular flexibility index (Phi) is 4.64. The number of phenolic OH excluding ortho intramolecular Hbond substituents is 1. The number of nitrogens with one attached hydrogen (secondary N) is 2. The van der Waals surface area contributed by atoms with Gasteiger partial charge in [0.15, 0.2) is 0 Å². The molecule has 3 N–H and O–H groups in total. The molecule has 1 rings (SSSR count). The molecule has 0 unspecified atom stereocenters. The predicted octanol–water partition coefficient (Wildman–Crippen LogP) is 2.56. The van der Waals surface area contributed by atoms with Gasteiger partial charge in [-0.15, -0.1) is 0 Å². The summed E-state index contributed by atoms with van der Waals surface area (Å²) in [5, 5.41) is 15.2. The molecule has 0 radical (unpaired) electrons. The molecule has 0 saturated heterocycles. The number of carbonyl (C=O) groups excluding carboxylic acids is 1. The van der Waals surface area contributed by atoms with Gasteiger partial charge in [-0.2, -0.15) is 0 Å². The number of aromatic hydroxyl groups is 1. The van der Waals surface area contributed by atoms with Crippen molar-refractivity contribution in [3.8, 4) is 5.75 Å². The summed E-state index contributed by atoms with van der Waals surface area (Å²) in [7, 11) is 1.79. The molecule has 4 heteroatoms. The number of rotatable bonds is 5. The molecule has 0 spiro atoms. The van der Waals surface area contributed by atoms with E-state index in [1.165, 1.54) is 0 Å². The second-order valence-electron chi connectivity index (χ2n) is 3.63. The van der Waals surface area contributed by atoms with Crippen LogP contribution in [-0.2, 0) is 4.79 Å². The van der Waals surface area contributed by atoms with E-state index in [0.29, 0.717) is 12.1 Å². The third-order valence-electron chi connectivity index (χ3n) is 2.32. The van der Waals surface area contributed by atoms with Crippen LogP contribution in [0.4, 0.5) is 11.4 Å². The Morgan fingerprint density at radius 3 is 2.81 bits per heavy atom. The quantitative estimate of drug-likeness (QED) is 0.530. The van der Waals surface area contributed by atoms with Gasteiger partial charge < -0.3 is 15.7 Å². The molecule has 88 valence electrons. The van der Waals surface area contributed by atoms with Crippen LogP contribution in [0.1, 0.15) is 26.2 Å². The third-order valence-corrected chi connectivity index (χ3v) is 2.32. The zero-order valence-corrected chi connectivity index (χ0v) is 9.71. The van der Waals surface area contributed by atoms with Crippen LogP contribution < -0.4 is 10.6 Å². The summed E-state index contributed by atoms with van der Waals surface area (Å²) < 4.78 is 0. The van der Waals surface area contributed by atoms with Gasteiger partial charge in [-0.05, 0) is 24.6 Å². The van der Waals surface area contributed by atoms with Crippen LogP contribution in [0, 0.1) is 0 Å². The van der Waals surface area contributed by atoms with Gasteiger partial charge in [0, 0.05) is 19.2 Å². The van der Waals surface area contributed by atoms with Crippen molar-refractivity contribution in [2.24, 2.45) is 0 Å². The Labute approximate surface area is 95.7 Å². The largest absolute Gasteiger partial charge is 0.506 e. The van der Waals surface area contributed by atoms with Crippen LogP contribution in [0.2, 0.25) is 0 Å². The topological polar surface area (TPSA) is 61.4 Å². The fraction of sp³-hybridized carbons (Fsp3) is 0.417. The van der Waals surface area contributed by atoms with Crippen molar-refractivity contribution in [1.29, 1.82) is 0 Å². The summed E-state index contributed by atoms with van der Waals surface area (Å²) >= 11 is 0. The lowest BCUT2D eigenvalue weighted by molar-refractivity contribution is -0.116. The molecule has 1 aromatic rings. The average molecular weight is 222 g/mol. The molecule has 0 atom stereocenters. The van der Waals surface area contributed by atoms with Crippen LogP contribution in [0.25, 0.3) is 0 Å². The molecule has 0 bridgehead atoms. The van der Waals surface area contributed by atoms with Gasteiger partial charge in [0.2, 0.25) is 5.91 Å². The van der Waals surface area contributed by atoms with E-state index in [9.17, 15) is 9.90 Å². The zero-order valence-electron chi connectivity index (χ0n) is 9.71. The number of hydrogen-bond acceptors (Lipinski definition) is 3. The molecule has 0 saturated carbocycles. The van der Waals surface area contributed by atoms with Crippen LogP contribution in [0.3, 0.4) is 0 Å². The zero-order chi connectivity index (χ0) is 12.0. The Balaban J connectivity index is 2.68. The molecule has 0 aromatic heterocycles. The lowest BCUT2D eigenvalue weighted by Gasteiger charge is -2.09. The van der Waals surface area contributed by atoms with E-state index >= 15 is 0 Å². The van der Waals surface area contributed by atoms with Gasteiger partial charge in [0.25, 0.3) is 0 Å². The number of hydrogen-bond donors (Lipinski definition) is 3. The first-order valence-electron chi connectivity index (χ1n) is 5.48. The number of amides is 1. The minimum absolute atomic E-state index is 0.0644. The summed E-state index contributed by atoms with van der Waals surface area (Å²) in [4.78, 5) is 11.5. The second-order valence-corrected chi connectivity index (χ2v) is 3.63. The molecular weight excluding hydrogens is 204 g/mol. The van der Waals surface area contributed by atoms with Crippen molar-refractivity contribution in [2.75, 3.05) is 17.7 Å². The van der Waals surface area contributed by atoms with Crippen molar-refractivity contribution in [2.45, 2.75) is 26.2 Å². The maximum absolute atomic E-state index is 11.5. The normalized spacial score (nSPS) is 9.88. The standard InChI is InChI=1S/C12H18N2O2/c1-3-4-5-12(16)14-10-8-9(13-2)6-7-11(10)15/h6-8,13,15H,3-5H2,1-2H3,(H,14,16). The second kappa shape index (κ2) is 6.00. The van der Waals surface area contributed by atoms with E-state index in [0.717, 1.165) is 18.5 Å². The van der Waals surface area contributed by atoms with E-state index < -0.39 is 0 Å². The van der Waals surface area contributed by atoms with Crippen molar-refractivity contribution in [3.63, 3.8) is 0 Å². The van der Waals surface area contributed by atoms with Crippen molar-refractivity contribution >= 4 is 17.3 Å². The van der Waals surface area contributed by atoms with Crippen LogP contribution in [-0.4, -0.2) is 18.1 Å². The van der Waals surface area contributed by atoms with E-state index in [1.807, 2.05) is 6.92 Å². The van der Waals surface area contributed by atoms with E-state index in [2.05, 4.69) is 10.6 Å². The predicted molar refractivity (Wildman–Crippen MR) is 65.8 cm³/mol. The van der Waals surface area contributed by atoms with Crippen LogP contribution >= 0.6 is 0 Å². The lowest BCUT2D eigenvalue weighted by Crippen LogP contribution is -2.11. The molecule has 0 aliphatic heterocycles. The average Bonchev–Trinajstić information content (AvgIpc) is 2.29.